The van der Waals surface area contributed by atoms with E-state index in [-0.39, 0.29) is 24.5 Å². The third-order valence-corrected chi connectivity index (χ3v) is 3.06. The molecular formula is C13H12FN3O4. The quantitative estimate of drug-likeness (QED) is 0.767. The molecule has 0 aromatic heterocycles. The third kappa shape index (κ3) is 3.46. The molecule has 2 rings (SSSR count). The highest BCUT2D eigenvalue weighted by molar-refractivity contribution is 5.90. The number of hydrogen-bond acceptors (Lipinski definition) is 4. The van der Waals surface area contributed by atoms with E-state index in [1.807, 2.05) is 0 Å². The summed E-state index contributed by atoms with van der Waals surface area (Å²) in [7, 11) is 0. The predicted molar refractivity (Wildman–Crippen MR) is 69.0 cm³/mol. The van der Waals surface area contributed by atoms with E-state index < -0.39 is 29.8 Å². The highest BCUT2D eigenvalue weighted by Gasteiger charge is 2.35. The van der Waals surface area contributed by atoms with E-state index in [0.29, 0.717) is 0 Å². The Labute approximate surface area is 119 Å². The van der Waals surface area contributed by atoms with Gasteiger partial charge in [-0.3, -0.25) is 4.79 Å². The molecule has 3 N–H and O–H groups in total. The number of carboxylic acid groups (broad SMARTS) is 1. The van der Waals surface area contributed by atoms with E-state index in [0.717, 1.165) is 6.07 Å². The number of ether oxygens (including phenoxy) is 1. The summed E-state index contributed by atoms with van der Waals surface area (Å²) < 4.78 is 18.6. The Balaban J connectivity index is 1.99. The zero-order valence-electron chi connectivity index (χ0n) is 10.8. The van der Waals surface area contributed by atoms with Gasteiger partial charge in [0, 0.05) is 0 Å². The van der Waals surface area contributed by atoms with Crippen molar-refractivity contribution in [1.82, 2.24) is 5.32 Å². The number of aliphatic carboxylic acids is 1. The lowest BCUT2D eigenvalue weighted by molar-refractivity contribution is -0.142. The maximum absolute atomic E-state index is 13.6. The standard InChI is InChI=1S/C13H12FN3O4/c14-9-3-7(4-15)1-2-10(9)16-13(20)17-11-6-21-5-8(11)12(18)19/h1-3,8,11H,5-6H2,(H,18,19)(H2,16,17,20). The van der Waals surface area contributed by atoms with Gasteiger partial charge in [-0.25, -0.2) is 9.18 Å². The molecule has 1 aliphatic rings. The van der Waals surface area contributed by atoms with Gasteiger partial charge in [0.1, 0.15) is 11.7 Å². The molecule has 0 bridgehead atoms. The van der Waals surface area contributed by atoms with Crippen molar-refractivity contribution in [3.05, 3.63) is 29.6 Å². The highest BCUT2D eigenvalue weighted by Crippen LogP contribution is 2.17. The molecule has 21 heavy (non-hydrogen) atoms. The largest absolute Gasteiger partial charge is 0.481 e. The number of benzene rings is 1. The molecular weight excluding hydrogens is 281 g/mol. The van der Waals surface area contributed by atoms with Crippen LogP contribution in [0.4, 0.5) is 14.9 Å². The van der Waals surface area contributed by atoms with Crippen molar-refractivity contribution < 1.29 is 23.8 Å². The SMILES string of the molecule is N#Cc1ccc(NC(=O)NC2COCC2C(=O)O)c(F)c1. The van der Waals surface area contributed by atoms with Crippen LogP contribution in [0.25, 0.3) is 0 Å². The van der Waals surface area contributed by atoms with Crippen LogP contribution in [0.3, 0.4) is 0 Å². The number of nitrogens with zero attached hydrogens (tertiary/aromatic N) is 1. The zero-order valence-corrected chi connectivity index (χ0v) is 10.8. The number of amides is 2. The Morgan fingerprint density at radius 3 is 2.81 bits per heavy atom. The lowest BCUT2D eigenvalue weighted by Crippen LogP contribution is -2.44. The maximum Gasteiger partial charge on any atom is 0.319 e. The molecule has 0 radical (unpaired) electrons. The molecule has 1 saturated heterocycles. The van der Waals surface area contributed by atoms with Crippen molar-refractivity contribution in [2.45, 2.75) is 6.04 Å². The normalized spacial score (nSPS) is 20.6. The van der Waals surface area contributed by atoms with Crippen LogP contribution in [0.15, 0.2) is 18.2 Å². The molecule has 0 spiro atoms. The monoisotopic (exact) mass is 293 g/mol. The van der Waals surface area contributed by atoms with Crippen LogP contribution in [-0.4, -0.2) is 36.4 Å². The summed E-state index contributed by atoms with van der Waals surface area (Å²) in [4.78, 5) is 22.7. The Bertz CT molecular complexity index is 614. The average molecular weight is 293 g/mol. The minimum Gasteiger partial charge on any atom is -0.481 e. The lowest BCUT2D eigenvalue weighted by Gasteiger charge is -2.16. The lowest BCUT2D eigenvalue weighted by atomic mass is 10.0. The minimum absolute atomic E-state index is 0.0194. The molecule has 0 saturated carbocycles. The highest BCUT2D eigenvalue weighted by atomic mass is 19.1. The first kappa shape index (κ1) is 14.7. The van der Waals surface area contributed by atoms with Gasteiger partial charge < -0.3 is 20.5 Å². The van der Waals surface area contributed by atoms with Crippen LogP contribution in [0.5, 0.6) is 0 Å². The second kappa shape index (κ2) is 6.19. The molecule has 2 amide bonds. The molecule has 1 heterocycles. The second-order valence-electron chi connectivity index (χ2n) is 4.49. The van der Waals surface area contributed by atoms with Gasteiger partial charge >= 0.3 is 12.0 Å². The van der Waals surface area contributed by atoms with E-state index >= 15 is 0 Å². The number of rotatable bonds is 3. The van der Waals surface area contributed by atoms with Crippen LogP contribution >= 0.6 is 0 Å². The summed E-state index contributed by atoms with van der Waals surface area (Å²) in [6.45, 7) is 0.103. The van der Waals surface area contributed by atoms with Crippen molar-refractivity contribution in [3.63, 3.8) is 0 Å². The number of halogens is 1. The summed E-state index contributed by atoms with van der Waals surface area (Å²) in [6.07, 6.45) is 0. The molecule has 1 aromatic rings. The van der Waals surface area contributed by atoms with Crippen LogP contribution < -0.4 is 10.6 Å². The Hall–Kier alpha value is -2.66. The van der Waals surface area contributed by atoms with Gasteiger partial charge in [0.15, 0.2) is 0 Å². The maximum atomic E-state index is 13.6. The fourth-order valence-electron chi connectivity index (χ4n) is 1.95. The summed E-state index contributed by atoms with van der Waals surface area (Å²) in [5, 5.41) is 22.3. The first-order valence-corrected chi connectivity index (χ1v) is 6.09. The van der Waals surface area contributed by atoms with Crippen molar-refractivity contribution in [2.75, 3.05) is 18.5 Å². The first-order valence-electron chi connectivity index (χ1n) is 6.09. The van der Waals surface area contributed by atoms with Crippen molar-refractivity contribution >= 4 is 17.7 Å². The molecule has 2 atom stereocenters. The van der Waals surface area contributed by atoms with E-state index in [1.165, 1.54) is 12.1 Å². The molecule has 7 nitrogen and oxygen atoms in total. The van der Waals surface area contributed by atoms with E-state index in [9.17, 15) is 14.0 Å². The smallest absolute Gasteiger partial charge is 0.319 e. The number of carbonyl (C=O) groups excluding carboxylic acids is 1. The van der Waals surface area contributed by atoms with Crippen LogP contribution in [0, 0.1) is 23.1 Å². The second-order valence-corrected chi connectivity index (χ2v) is 4.49. The Morgan fingerprint density at radius 1 is 1.43 bits per heavy atom. The number of carboxylic acids is 1. The van der Waals surface area contributed by atoms with Gasteiger partial charge in [-0.2, -0.15) is 5.26 Å². The predicted octanol–water partition coefficient (Wildman–Crippen LogP) is 0.918. The molecule has 1 aromatic carbocycles. The molecule has 1 fully saturated rings. The number of carbonyl (C=O) groups is 2. The summed E-state index contributed by atoms with van der Waals surface area (Å²) >= 11 is 0. The number of nitriles is 1. The number of urea groups is 1. The molecule has 1 aliphatic heterocycles. The van der Waals surface area contributed by atoms with Crippen molar-refractivity contribution in [2.24, 2.45) is 5.92 Å². The topological polar surface area (TPSA) is 111 Å². The van der Waals surface area contributed by atoms with Gasteiger partial charge in [0.2, 0.25) is 0 Å². The number of hydrogen-bond donors (Lipinski definition) is 3. The van der Waals surface area contributed by atoms with Crippen molar-refractivity contribution in [3.8, 4) is 6.07 Å². The van der Waals surface area contributed by atoms with E-state index in [4.69, 9.17) is 15.1 Å². The third-order valence-electron chi connectivity index (χ3n) is 3.06. The molecule has 2 unspecified atom stereocenters. The fourth-order valence-corrected chi connectivity index (χ4v) is 1.95. The molecule has 0 aliphatic carbocycles. The van der Waals surface area contributed by atoms with Crippen molar-refractivity contribution in [1.29, 1.82) is 5.26 Å². The summed E-state index contributed by atoms with van der Waals surface area (Å²) in [5.41, 5.74) is 0.0332. The van der Waals surface area contributed by atoms with Gasteiger partial charge in [0.05, 0.1) is 36.6 Å². The fraction of sp³-hybridized carbons (Fsp3) is 0.308. The summed E-state index contributed by atoms with van der Waals surface area (Å²) in [6, 6.07) is 3.97. The number of nitrogens with one attached hydrogen (secondary N) is 2. The van der Waals surface area contributed by atoms with Crippen LogP contribution in [0.2, 0.25) is 0 Å². The number of anilines is 1. The van der Waals surface area contributed by atoms with Gasteiger partial charge in [0.25, 0.3) is 0 Å². The molecule has 8 heteroatoms. The van der Waals surface area contributed by atoms with Gasteiger partial charge in [-0.1, -0.05) is 0 Å². The van der Waals surface area contributed by atoms with E-state index in [2.05, 4.69) is 10.6 Å². The summed E-state index contributed by atoms with van der Waals surface area (Å²) in [5.74, 6) is -2.65. The van der Waals surface area contributed by atoms with Crippen LogP contribution in [-0.2, 0) is 9.53 Å². The minimum atomic E-state index is -1.07. The average Bonchev–Trinajstić information content (AvgIpc) is 2.89. The Kier molecular flexibility index (Phi) is 4.35. The zero-order chi connectivity index (χ0) is 15.4. The van der Waals surface area contributed by atoms with Gasteiger partial charge in [-0.15, -0.1) is 0 Å². The Morgan fingerprint density at radius 2 is 2.19 bits per heavy atom. The first-order chi connectivity index (χ1) is 10.0. The van der Waals surface area contributed by atoms with Crippen LogP contribution in [0.1, 0.15) is 5.56 Å². The van der Waals surface area contributed by atoms with Gasteiger partial charge in [-0.05, 0) is 18.2 Å². The van der Waals surface area contributed by atoms with E-state index in [1.54, 1.807) is 6.07 Å². The molecule has 110 valence electrons.